The summed E-state index contributed by atoms with van der Waals surface area (Å²) in [7, 11) is 1.69. The average molecular weight is 305 g/mol. The van der Waals surface area contributed by atoms with Gasteiger partial charge in [0.05, 0.1) is 19.3 Å². The second kappa shape index (κ2) is 8.03. The zero-order chi connectivity index (χ0) is 15.8. The van der Waals surface area contributed by atoms with Gasteiger partial charge in [0.25, 0.3) is 0 Å². The highest BCUT2D eigenvalue weighted by Crippen LogP contribution is 2.31. The molecule has 1 saturated carbocycles. The second-order valence-electron chi connectivity index (χ2n) is 5.76. The van der Waals surface area contributed by atoms with Crippen molar-refractivity contribution in [2.45, 2.75) is 38.2 Å². The van der Waals surface area contributed by atoms with Crippen LogP contribution in [0.5, 0.6) is 5.75 Å². The predicted octanol–water partition coefficient (Wildman–Crippen LogP) is 1.71. The Hall–Kier alpha value is -1.75. The molecule has 0 atom stereocenters. The SMILES string of the molecule is CCNC(=NCC1(O)CCC1)NCCc1ccccc1OC. The molecule has 5 nitrogen and oxygen atoms in total. The van der Waals surface area contributed by atoms with Crippen molar-refractivity contribution >= 4 is 5.96 Å². The zero-order valence-electron chi connectivity index (χ0n) is 13.6. The highest BCUT2D eigenvalue weighted by atomic mass is 16.5. The van der Waals surface area contributed by atoms with E-state index in [1.807, 2.05) is 25.1 Å². The van der Waals surface area contributed by atoms with Gasteiger partial charge in [-0.25, -0.2) is 0 Å². The average Bonchev–Trinajstić information content (AvgIpc) is 2.51. The minimum Gasteiger partial charge on any atom is -0.496 e. The first kappa shape index (κ1) is 16.6. The Balaban J connectivity index is 1.84. The molecule has 2 rings (SSSR count). The van der Waals surface area contributed by atoms with Crippen LogP contribution in [-0.2, 0) is 6.42 Å². The van der Waals surface area contributed by atoms with E-state index in [-0.39, 0.29) is 0 Å². The van der Waals surface area contributed by atoms with Crippen molar-refractivity contribution in [3.05, 3.63) is 29.8 Å². The number of methoxy groups -OCH3 is 1. The van der Waals surface area contributed by atoms with E-state index >= 15 is 0 Å². The van der Waals surface area contributed by atoms with Crippen molar-refractivity contribution in [3.63, 3.8) is 0 Å². The number of nitrogens with one attached hydrogen (secondary N) is 2. The summed E-state index contributed by atoms with van der Waals surface area (Å²) in [6.07, 6.45) is 3.68. The molecule has 0 bridgehead atoms. The molecule has 22 heavy (non-hydrogen) atoms. The van der Waals surface area contributed by atoms with Crippen LogP contribution in [-0.4, -0.2) is 43.4 Å². The van der Waals surface area contributed by atoms with Crippen LogP contribution < -0.4 is 15.4 Å². The number of guanidine groups is 1. The van der Waals surface area contributed by atoms with E-state index in [4.69, 9.17) is 4.74 Å². The van der Waals surface area contributed by atoms with Crippen LogP contribution in [0.25, 0.3) is 0 Å². The molecule has 0 spiro atoms. The highest BCUT2D eigenvalue weighted by molar-refractivity contribution is 5.79. The number of aliphatic imine (C=N–C) groups is 1. The van der Waals surface area contributed by atoms with Crippen molar-refractivity contribution in [1.29, 1.82) is 0 Å². The topological polar surface area (TPSA) is 65.9 Å². The summed E-state index contributed by atoms with van der Waals surface area (Å²) in [6.45, 7) is 4.08. The summed E-state index contributed by atoms with van der Waals surface area (Å²) in [4.78, 5) is 4.49. The molecule has 0 unspecified atom stereocenters. The Kier molecular flexibility index (Phi) is 6.07. The van der Waals surface area contributed by atoms with Gasteiger partial charge in [-0.3, -0.25) is 4.99 Å². The molecule has 0 aromatic heterocycles. The first-order valence-corrected chi connectivity index (χ1v) is 8.03. The quantitative estimate of drug-likeness (QED) is 0.530. The maximum absolute atomic E-state index is 10.1. The van der Waals surface area contributed by atoms with Gasteiger partial charge in [0.2, 0.25) is 0 Å². The van der Waals surface area contributed by atoms with Gasteiger partial charge >= 0.3 is 0 Å². The first-order chi connectivity index (χ1) is 10.7. The molecular formula is C17H27N3O2. The lowest BCUT2D eigenvalue weighted by molar-refractivity contribution is -0.0236. The summed E-state index contributed by atoms with van der Waals surface area (Å²) in [5.74, 6) is 1.67. The van der Waals surface area contributed by atoms with Gasteiger partial charge in [-0.2, -0.15) is 0 Å². The van der Waals surface area contributed by atoms with Gasteiger partial charge < -0.3 is 20.5 Å². The number of rotatable bonds is 7. The van der Waals surface area contributed by atoms with Gasteiger partial charge in [0.15, 0.2) is 5.96 Å². The summed E-state index contributed by atoms with van der Waals surface area (Å²) in [6, 6.07) is 8.03. The number of ether oxygens (including phenoxy) is 1. The number of nitrogens with zero attached hydrogens (tertiary/aromatic N) is 1. The molecule has 122 valence electrons. The van der Waals surface area contributed by atoms with E-state index in [2.05, 4.69) is 21.7 Å². The zero-order valence-corrected chi connectivity index (χ0v) is 13.6. The lowest BCUT2D eigenvalue weighted by atomic mass is 9.80. The van der Waals surface area contributed by atoms with Crippen molar-refractivity contribution in [3.8, 4) is 5.75 Å². The molecule has 5 heteroatoms. The van der Waals surface area contributed by atoms with Gasteiger partial charge in [0.1, 0.15) is 5.75 Å². The van der Waals surface area contributed by atoms with Crippen molar-refractivity contribution in [2.24, 2.45) is 4.99 Å². The minimum atomic E-state index is -0.578. The summed E-state index contributed by atoms with van der Waals surface area (Å²) < 4.78 is 5.36. The Bertz CT molecular complexity index is 498. The Morgan fingerprint density at radius 1 is 1.32 bits per heavy atom. The third kappa shape index (κ3) is 4.63. The molecule has 1 aromatic rings. The molecule has 1 aliphatic carbocycles. The van der Waals surface area contributed by atoms with Gasteiger partial charge in [0, 0.05) is 13.1 Å². The molecule has 1 aliphatic rings. The fourth-order valence-corrected chi connectivity index (χ4v) is 2.54. The Morgan fingerprint density at radius 2 is 2.09 bits per heavy atom. The van der Waals surface area contributed by atoms with Crippen LogP contribution in [0, 0.1) is 0 Å². The fourth-order valence-electron chi connectivity index (χ4n) is 2.54. The van der Waals surface area contributed by atoms with E-state index in [0.29, 0.717) is 6.54 Å². The van der Waals surface area contributed by atoms with Crippen LogP contribution in [0.1, 0.15) is 31.7 Å². The molecule has 0 saturated heterocycles. The maximum atomic E-state index is 10.1. The van der Waals surface area contributed by atoms with Crippen molar-refractivity contribution in [2.75, 3.05) is 26.7 Å². The van der Waals surface area contributed by atoms with E-state index in [1.54, 1.807) is 7.11 Å². The number of para-hydroxylation sites is 1. The smallest absolute Gasteiger partial charge is 0.191 e. The van der Waals surface area contributed by atoms with Crippen LogP contribution in [0.4, 0.5) is 0 Å². The predicted molar refractivity (Wildman–Crippen MR) is 89.5 cm³/mol. The van der Waals surface area contributed by atoms with Gasteiger partial charge in [-0.05, 0) is 44.2 Å². The Morgan fingerprint density at radius 3 is 2.73 bits per heavy atom. The molecule has 0 heterocycles. The first-order valence-electron chi connectivity index (χ1n) is 8.03. The minimum absolute atomic E-state index is 0.469. The summed E-state index contributed by atoms with van der Waals surface area (Å²) in [5, 5.41) is 16.6. The Labute approximate surface area is 132 Å². The fraction of sp³-hybridized carbons (Fsp3) is 0.588. The van der Waals surface area contributed by atoms with Crippen LogP contribution in [0.2, 0.25) is 0 Å². The molecule has 0 radical (unpaired) electrons. The number of hydrogen-bond donors (Lipinski definition) is 3. The summed E-state index contributed by atoms with van der Waals surface area (Å²) in [5.41, 5.74) is 0.594. The van der Waals surface area contributed by atoms with E-state index in [0.717, 1.165) is 50.5 Å². The second-order valence-corrected chi connectivity index (χ2v) is 5.76. The molecule has 1 aromatic carbocycles. The summed E-state index contributed by atoms with van der Waals surface area (Å²) >= 11 is 0. The molecule has 0 aliphatic heterocycles. The van der Waals surface area contributed by atoms with Gasteiger partial charge in [-0.1, -0.05) is 18.2 Å². The van der Waals surface area contributed by atoms with Gasteiger partial charge in [-0.15, -0.1) is 0 Å². The standard InChI is InChI=1S/C17H27N3O2/c1-3-18-16(20-13-17(21)10-6-11-17)19-12-9-14-7-4-5-8-15(14)22-2/h4-5,7-8,21H,3,6,9-13H2,1-2H3,(H2,18,19,20). The largest absolute Gasteiger partial charge is 0.496 e. The van der Waals surface area contributed by atoms with E-state index in [9.17, 15) is 5.11 Å². The maximum Gasteiger partial charge on any atom is 0.191 e. The van der Waals surface area contributed by atoms with E-state index in [1.165, 1.54) is 5.56 Å². The molecule has 1 fully saturated rings. The molecule has 3 N–H and O–H groups in total. The normalized spacial score (nSPS) is 16.8. The van der Waals surface area contributed by atoms with Crippen molar-refractivity contribution in [1.82, 2.24) is 10.6 Å². The monoisotopic (exact) mass is 305 g/mol. The van der Waals surface area contributed by atoms with Crippen LogP contribution in [0.15, 0.2) is 29.3 Å². The third-order valence-corrected chi connectivity index (χ3v) is 4.04. The third-order valence-electron chi connectivity index (χ3n) is 4.04. The lowest BCUT2D eigenvalue weighted by Gasteiger charge is -2.35. The number of aliphatic hydroxyl groups is 1. The number of hydrogen-bond acceptors (Lipinski definition) is 3. The van der Waals surface area contributed by atoms with Crippen molar-refractivity contribution < 1.29 is 9.84 Å². The molecular weight excluding hydrogens is 278 g/mol. The van der Waals surface area contributed by atoms with Crippen LogP contribution >= 0.6 is 0 Å². The molecule has 0 amide bonds. The lowest BCUT2D eigenvalue weighted by Crippen LogP contribution is -2.43. The number of benzene rings is 1. The highest BCUT2D eigenvalue weighted by Gasteiger charge is 2.34. The van der Waals surface area contributed by atoms with E-state index < -0.39 is 5.60 Å². The van der Waals surface area contributed by atoms with Crippen LogP contribution in [0.3, 0.4) is 0 Å².